The van der Waals surface area contributed by atoms with E-state index in [0.717, 1.165) is 36.7 Å². The van der Waals surface area contributed by atoms with E-state index in [1.165, 1.54) is 5.56 Å². The second kappa shape index (κ2) is 11.0. The number of pyridine rings is 1. The Morgan fingerprint density at radius 3 is 2.65 bits per heavy atom. The highest BCUT2D eigenvalue weighted by atomic mass is 127. The van der Waals surface area contributed by atoms with Crippen molar-refractivity contribution in [2.75, 3.05) is 13.1 Å². The lowest BCUT2D eigenvalue weighted by Crippen LogP contribution is -2.37. The summed E-state index contributed by atoms with van der Waals surface area (Å²) in [6.07, 6.45) is 2.90. The van der Waals surface area contributed by atoms with Gasteiger partial charge in [-0.25, -0.2) is 4.99 Å². The second-order valence-corrected chi connectivity index (χ2v) is 5.04. The zero-order chi connectivity index (χ0) is 15.6. The molecule has 0 amide bonds. The first-order valence-electron chi connectivity index (χ1n) is 7.86. The van der Waals surface area contributed by atoms with E-state index in [9.17, 15) is 0 Å². The third-order valence-corrected chi connectivity index (χ3v) is 3.19. The number of aromatic nitrogens is 1. The first kappa shape index (κ1) is 19.4. The molecule has 23 heavy (non-hydrogen) atoms. The van der Waals surface area contributed by atoms with Crippen LogP contribution in [-0.4, -0.2) is 24.0 Å². The van der Waals surface area contributed by atoms with Crippen LogP contribution < -0.4 is 10.6 Å². The van der Waals surface area contributed by atoms with Gasteiger partial charge in [-0.1, -0.05) is 31.2 Å². The molecule has 0 spiro atoms. The Bertz CT molecular complexity index is 599. The fourth-order valence-electron chi connectivity index (χ4n) is 2.12. The van der Waals surface area contributed by atoms with Gasteiger partial charge in [0.05, 0.1) is 12.2 Å². The van der Waals surface area contributed by atoms with Gasteiger partial charge in [0.1, 0.15) is 0 Å². The second-order valence-electron chi connectivity index (χ2n) is 5.04. The van der Waals surface area contributed by atoms with Crippen molar-refractivity contribution >= 4 is 29.9 Å². The average molecular weight is 424 g/mol. The largest absolute Gasteiger partial charge is 0.357 e. The smallest absolute Gasteiger partial charge is 0.191 e. The molecule has 0 unspecified atom stereocenters. The van der Waals surface area contributed by atoms with Crippen molar-refractivity contribution in [3.8, 4) is 11.3 Å². The summed E-state index contributed by atoms with van der Waals surface area (Å²) < 4.78 is 0. The molecule has 0 aliphatic rings. The van der Waals surface area contributed by atoms with Gasteiger partial charge in [0.2, 0.25) is 0 Å². The molecule has 2 rings (SSSR count). The van der Waals surface area contributed by atoms with Gasteiger partial charge in [-0.15, -0.1) is 24.0 Å². The fourth-order valence-corrected chi connectivity index (χ4v) is 2.12. The Balaban J connectivity index is 0.00000264. The lowest BCUT2D eigenvalue weighted by molar-refractivity contribution is 0.785. The monoisotopic (exact) mass is 424 g/mol. The van der Waals surface area contributed by atoms with Gasteiger partial charge >= 0.3 is 0 Å². The standard InChI is InChI=1S/C18H24N4.HI/c1-3-11-21-18(19-4-2)22-14-15-8-7-9-16(13-15)17-10-5-6-12-20-17;/h5-10,12-13H,3-4,11,14H2,1-2H3,(H2,19,21,22);1H. The highest BCUT2D eigenvalue weighted by Crippen LogP contribution is 2.18. The van der Waals surface area contributed by atoms with E-state index >= 15 is 0 Å². The minimum absolute atomic E-state index is 0. The molecule has 124 valence electrons. The van der Waals surface area contributed by atoms with Crippen LogP contribution in [0.15, 0.2) is 53.7 Å². The third kappa shape index (κ3) is 6.56. The Morgan fingerprint density at radius 2 is 1.96 bits per heavy atom. The van der Waals surface area contributed by atoms with Crippen molar-refractivity contribution in [3.63, 3.8) is 0 Å². The molecule has 0 atom stereocenters. The van der Waals surface area contributed by atoms with Crippen LogP contribution in [0.2, 0.25) is 0 Å². The summed E-state index contributed by atoms with van der Waals surface area (Å²) in [5, 5.41) is 6.57. The van der Waals surface area contributed by atoms with Crippen LogP contribution in [0.4, 0.5) is 0 Å². The van der Waals surface area contributed by atoms with Crippen molar-refractivity contribution in [3.05, 3.63) is 54.2 Å². The van der Waals surface area contributed by atoms with E-state index in [4.69, 9.17) is 0 Å². The molecule has 2 N–H and O–H groups in total. The molecule has 1 aromatic carbocycles. The summed E-state index contributed by atoms with van der Waals surface area (Å²) in [5.74, 6) is 0.868. The summed E-state index contributed by atoms with van der Waals surface area (Å²) in [7, 11) is 0. The summed E-state index contributed by atoms with van der Waals surface area (Å²) in [5.41, 5.74) is 3.29. The third-order valence-electron chi connectivity index (χ3n) is 3.19. The number of guanidine groups is 1. The number of hydrogen-bond acceptors (Lipinski definition) is 2. The number of rotatable bonds is 6. The van der Waals surface area contributed by atoms with Crippen LogP contribution in [0.25, 0.3) is 11.3 Å². The Morgan fingerprint density at radius 1 is 1.09 bits per heavy atom. The molecule has 1 heterocycles. The summed E-state index contributed by atoms with van der Waals surface area (Å²) in [4.78, 5) is 9.02. The van der Waals surface area contributed by atoms with Gasteiger partial charge in [0, 0.05) is 24.8 Å². The molecule has 2 aromatic rings. The quantitative estimate of drug-likeness (QED) is 0.421. The van der Waals surface area contributed by atoms with E-state index in [1.54, 1.807) is 0 Å². The number of halogens is 1. The van der Waals surface area contributed by atoms with Crippen molar-refractivity contribution in [1.29, 1.82) is 0 Å². The Hall–Kier alpha value is -1.63. The van der Waals surface area contributed by atoms with Gasteiger partial charge < -0.3 is 10.6 Å². The lowest BCUT2D eigenvalue weighted by atomic mass is 10.1. The highest BCUT2D eigenvalue weighted by Gasteiger charge is 2.01. The first-order chi connectivity index (χ1) is 10.8. The zero-order valence-corrected chi connectivity index (χ0v) is 16.1. The average Bonchev–Trinajstić information content (AvgIpc) is 2.58. The van der Waals surface area contributed by atoms with Crippen LogP contribution in [0, 0.1) is 0 Å². The van der Waals surface area contributed by atoms with Crippen molar-refractivity contribution in [2.45, 2.75) is 26.8 Å². The molecule has 0 saturated heterocycles. The van der Waals surface area contributed by atoms with Crippen molar-refractivity contribution in [1.82, 2.24) is 15.6 Å². The molecule has 0 aliphatic carbocycles. The zero-order valence-electron chi connectivity index (χ0n) is 13.7. The molecule has 0 saturated carbocycles. The summed E-state index contributed by atoms with van der Waals surface area (Å²) in [6.45, 7) is 6.67. The minimum Gasteiger partial charge on any atom is -0.357 e. The van der Waals surface area contributed by atoms with Crippen molar-refractivity contribution < 1.29 is 0 Å². The normalized spacial score (nSPS) is 10.8. The molecule has 1 aromatic heterocycles. The number of nitrogens with zero attached hydrogens (tertiary/aromatic N) is 2. The maximum atomic E-state index is 4.63. The van der Waals surface area contributed by atoms with Crippen LogP contribution in [0.5, 0.6) is 0 Å². The van der Waals surface area contributed by atoms with Gasteiger partial charge in [-0.3, -0.25) is 4.98 Å². The molecule has 0 radical (unpaired) electrons. The number of aliphatic imine (C=N–C) groups is 1. The summed E-state index contributed by atoms with van der Waals surface area (Å²) >= 11 is 0. The van der Waals surface area contributed by atoms with Gasteiger partial charge in [-0.05, 0) is 37.1 Å². The highest BCUT2D eigenvalue weighted by molar-refractivity contribution is 14.0. The Labute approximate surface area is 155 Å². The topological polar surface area (TPSA) is 49.3 Å². The molecule has 0 aliphatic heterocycles. The maximum Gasteiger partial charge on any atom is 0.191 e. The molecule has 0 bridgehead atoms. The number of hydrogen-bond donors (Lipinski definition) is 2. The Kier molecular flexibility index (Phi) is 9.28. The van der Waals surface area contributed by atoms with Crippen molar-refractivity contribution in [2.24, 2.45) is 4.99 Å². The molecular weight excluding hydrogens is 399 g/mol. The predicted octanol–water partition coefficient (Wildman–Crippen LogP) is 3.83. The molecule has 0 fully saturated rings. The minimum atomic E-state index is 0. The van der Waals surface area contributed by atoms with Crippen LogP contribution in [0.3, 0.4) is 0 Å². The lowest BCUT2D eigenvalue weighted by Gasteiger charge is -2.10. The SMILES string of the molecule is CCCNC(=NCc1cccc(-c2ccccn2)c1)NCC.I. The predicted molar refractivity (Wildman–Crippen MR) is 108 cm³/mol. The molecule has 5 heteroatoms. The van der Waals surface area contributed by atoms with E-state index in [-0.39, 0.29) is 24.0 Å². The number of nitrogens with one attached hydrogen (secondary N) is 2. The molecular formula is C18H25IN4. The summed E-state index contributed by atoms with van der Waals surface area (Å²) in [6, 6.07) is 14.3. The fraction of sp³-hybridized carbons (Fsp3) is 0.333. The van der Waals surface area contributed by atoms with E-state index in [0.29, 0.717) is 6.54 Å². The van der Waals surface area contributed by atoms with Crippen LogP contribution in [0.1, 0.15) is 25.8 Å². The van der Waals surface area contributed by atoms with Gasteiger partial charge in [0.15, 0.2) is 5.96 Å². The van der Waals surface area contributed by atoms with E-state index in [1.807, 2.05) is 24.4 Å². The molecule has 4 nitrogen and oxygen atoms in total. The van der Waals surface area contributed by atoms with E-state index in [2.05, 4.69) is 58.7 Å². The van der Waals surface area contributed by atoms with E-state index < -0.39 is 0 Å². The van der Waals surface area contributed by atoms with Gasteiger partial charge in [-0.2, -0.15) is 0 Å². The van der Waals surface area contributed by atoms with Gasteiger partial charge in [0.25, 0.3) is 0 Å². The maximum absolute atomic E-state index is 4.63. The van der Waals surface area contributed by atoms with Crippen LogP contribution >= 0.6 is 24.0 Å². The number of benzene rings is 1. The van der Waals surface area contributed by atoms with Crippen LogP contribution in [-0.2, 0) is 6.54 Å². The first-order valence-corrected chi connectivity index (χ1v) is 7.86.